The molecule has 0 aromatic rings. The zero-order chi connectivity index (χ0) is 19.8. The van der Waals surface area contributed by atoms with E-state index in [-0.39, 0.29) is 22.1 Å². The van der Waals surface area contributed by atoms with Crippen LogP contribution in [0.25, 0.3) is 0 Å². The molecule has 0 radical (unpaired) electrons. The molecule has 0 aliphatic carbocycles. The summed E-state index contributed by atoms with van der Waals surface area (Å²) in [5.74, 6) is -0.113. The van der Waals surface area contributed by atoms with E-state index in [9.17, 15) is 4.79 Å². The fraction of sp³-hybridized carbons (Fsp3) is 0.955. The highest BCUT2D eigenvalue weighted by Gasteiger charge is 2.66. The van der Waals surface area contributed by atoms with Crippen molar-refractivity contribution in [2.75, 3.05) is 0 Å². The summed E-state index contributed by atoms with van der Waals surface area (Å²) in [6.07, 6.45) is 13.6. The molecule has 1 aliphatic heterocycles. The van der Waals surface area contributed by atoms with Crippen molar-refractivity contribution >= 4 is 14.5 Å². The summed E-state index contributed by atoms with van der Waals surface area (Å²) in [5, 5.41) is -0.235. The van der Waals surface area contributed by atoms with Crippen LogP contribution in [0.15, 0.2) is 0 Å². The number of carbonyl (C=O) groups excluding carboxylic acids is 1. The summed E-state index contributed by atoms with van der Waals surface area (Å²) in [6, 6.07) is 0. The van der Waals surface area contributed by atoms with Gasteiger partial charge in [0.05, 0.1) is 0 Å². The van der Waals surface area contributed by atoms with Crippen LogP contribution in [0.5, 0.6) is 0 Å². The minimum atomic E-state index is -2.61. The van der Waals surface area contributed by atoms with Gasteiger partial charge in [-0.1, -0.05) is 113 Å². The Balaban J connectivity index is 2.31. The van der Waals surface area contributed by atoms with E-state index in [2.05, 4.69) is 48.5 Å². The lowest BCUT2D eigenvalue weighted by atomic mass is 10.0. The van der Waals surface area contributed by atoms with Crippen molar-refractivity contribution in [1.29, 1.82) is 0 Å². The van der Waals surface area contributed by atoms with E-state index < -0.39 is 8.56 Å². The van der Waals surface area contributed by atoms with Crippen LogP contribution in [0.4, 0.5) is 0 Å². The molecule has 0 aromatic carbocycles. The molecule has 0 spiro atoms. The maximum Gasteiger partial charge on any atom is 0.413 e. The Morgan fingerprint density at radius 2 is 1.19 bits per heavy atom. The largest absolute Gasteiger partial charge is 0.491 e. The van der Waals surface area contributed by atoms with Gasteiger partial charge in [0.1, 0.15) is 6.10 Å². The molecule has 154 valence electrons. The van der Waals surface area contributed by atoms with Crippen molar-refractivity contribution in [2.24, 2.45) is 0 Å². The SMILES string of the molecule is CCCCCCCCCCCCC1O[Si](C(C)(C)C)(C(C)(C)C)OC1=O. The Hall–Kier alpha value is -0.353. The van der Waals surface area contributed by atoms with Crippen LogP contribution in [0.1, 0.15) is 119 Å². The van der Waals surface area contributed by atoms with E-state index in [1.165, 1.54) is 57.8 Å². The van der Waals surface area contributed by atoms with Gasteiger partial charge < -0.3 is 8.85 Å². The molecular weight excluding hydrogens is 340 g/mol. The lowest BCUT2D eigenvalue weighted by Crippen LogP contribution is -2.54. The Bertz CT molecular complexity index is 406. The quantitative estimate of drug-likeness (QED) is 0.277. The fourth-order valence-electron chi connectivity index (χ4n) is 4.26. The zero-order valence-electron chi connectivity index (χ0n) is 18.6. The molecule has 0 saturated carbocycles. The Morgan fingerprint density at radius 3 is 1.58 bits per heavy atom. The molecule has 4 heteroatoms. The van der Waals surface area contributed by atoms with E-state index >= 15 is 0 Å². The minimum absolute atomic E-state index is 0.113. The van der Waals surface area contributed by atoms with E-state index in [1.54, 1.807) is 0 Å². The van der Waals surface area contributed by atoms with E-state index in [1.807, 2.05) is 0 Å². The molecule has 1 rings (SSSR count). The van der Waals surface area contributed by atoms with Gasteiger partial charge in [0.25, 0.3) is 0 Å². The second-order valence-electron chi connectivity index (χ2n) is 10.1. The van der Waals surface area contributed by atoms with Gasteiger partial charge in [-0.2, -0.15) is 0 Å². The molecular formula is C22H44O3Si. The summed E-state index contributed by atoms with van der Waals surface area (Å²) in [5.41, 5.74) is 0. The van der Waals surface area contributed by atoms with E-state index in [0.717, 1.165) is 12.8 Å². The van der Waals surface area contributed by atoms with Crippen LogP contribution < -0.4 is 0 Å². The molecule has 26 heavy (non-hydrogen) atoms. The Kier molecular flexibility index (Phi) is 9.35. The lowest BCUT2D eigenvalue weighted by molar-refractivity contribution is -0.136. The molecule has 1 saturated heterocycles. The molecule has 3 nitrogen and oxygen atoms in total. The maximum absolute atomic E-state index is 12.5. The first kappa shape index (κ1) is 23.7. The van der Waals surface area contributed by atoms with Crippen LogP contribution >= 0.6 is 0 Å². The molecule has 0 aromatic heterocycles. The normalized spacial score (nSPS) is 20.4. The van der Waals surface area contributed by atoms with Gasteiger partial charge in [-0.05, 0) is 6.42 Å². The Labute approximate surface area is 163 Å². The highest BCUT2D eigenvalue weighted by atomic mass is 28.4. The third kappa shape index (κ3) is 6.37. The molecule has 1 heterocycles. The van der Waals surface area contributed by atoms with Crippen molar-refractivity contribution < 1.29 is 13.6 Å². The number of unbranched alkanes of at least 4 members (excludes halogenated alkanes) is 9. The predicted molar refractivity (Wildman–Crippen MR) is 113 cm³/mol. The molecule has 1 atom stereocenters. The first-order chi connectivity index (χ1) is 12.0. The van der Waals surface area contributed by atoms with Crippen molar-refractivity contribution in [3.63, 3.8) is 0 Å². The summed E-state index contributed by atoms with van der Waals surface area (Å²) in [7, 11) is -2.61. The van der Waals surface area contributed by atoms with Crippen LogP contribution in [0.3, 0.4) is 0 Å². The Morgan fingerprint density at radius 1 is 0.769 bits per heavy atom. The molecule has 0 bridgehead atoms. The summed E-state index contributed by atoms with van der Waals surface area (Å²) >= 11 is 0. The minimum Gasteiger partial charge on any atom is -0.491 e. The van der Waals surface area contributed by atoms with Crippen molar-refractivity contribution in [1.82, 2.24) is 0 Å². The standard InChI is InChI=1S/C22H44O3Si/c1-8-9-10-11-12-13-14-15-16-17-18-19-20(23)25-26(24-19,21(2,3)4)22(5,6)7/h19H,8-18H2,1-7H3. The van der Waals surface area contributed by atoms with Crippen molar-refractivity contribution in [3.05, 3.63) is 0 Å². The van der Waals surface area contributed by atoms with Crippen molar-refractivity contribution in [3.8, 4) is 0 Å². The van der Waals surface area contributed by atoms with Crippen LogP contribution in [-0.4, -0.2) is 20.6 Å². The molecule has 1 unspecified atom stereocenters. The number of rotatable bonds is 11. The number of carbonyl (C=O) groups is 1. The van der Waals surface area contributed by atoms with Crippen molar-refractivity contribution in [2.45, 2.75) is 135 Å². The van der Waals surface area contributed by atoms with Gasteiger partial charge in [-0.15, -0.1) is 0 Å². The molecule has 0 amide bonds. The first-order valence-electron chi connectivity index (χ1n) is 11.0. The fourth-order valence-corrected chi connectivity index (χ4v) is 8.91. The third-order valence-electron chi connectivity index (χ3n) is 5.61. The van der Waals surface area contributed by atoms with Gasteiger partial charge in [-0.3, -0.25) is 4.79 Å². The van der Waals surface area contributed by atoms with E-state index in [0.29, 0.717) is 0 Å². The predicted octanol–water partition coefficient (Wildman–Crippen LogP) is 7.28. The monoisotopic (exact) mass is 384 g/mol. The van der Waals surface area contributed by atoms with Gasteiger partial charge in [-0.25, -0.2) is 0 Å². The van der Waals surface area contributed by atoms with Gasteiger partial charge in [0, 0.05) is 10.1 Å². The second kappa shape index (κ2) is 10.3. The average molecular weight is 385 g/mol. The smallest absolute Gasteiger partial charge is 0.413 e. The first-order valence-corrected chi connectivity index (χ1v) is 12.8. The highest BCUT2D eigenvalue weighted by molar-refractivity contribution is 6.76. The third-order valence-corrected chi connectivity index (χ3v) is 10.7. The average Bonchev–Trinajstić information content (AvgIpc) is 2.87. The molecule has 1 fully saturated rings. The number of hydrogen-bond acceptors (Lipinski definition) is 3. The topological polar surface area (TPSA) is 35.5 Å². The second-order valence-corrected chi connectivity index (χ2v) is 14.8. The van der Waals surface area contributed by atoms with Crippen LogP contribution in [-0.2, 0) is 13.6 Å². The van der Waals surface area contributed by atoms with Crippen LogP contribution in [0.2, 0.25) is 10.1 Å². The summed E-state index contributed by atoms with van der Waals surface area (Å²) < 4.78 is 12.5. The molecule has 0 N–H and O–H groups in total. The maximum atomic E-state index is 12.5. The van der Waals surface area contributed by atoms with Gasteiger partial charge in [0.2, 0.25) is 0 Å². The number of hydrogen-bond donors (Lipinski definition) is 0. The summed E-state index contributed by atoms with van der Waals surface area (Å²) in [6.45, 7) is 15.2. The van der Waals surface area contributed by atoms with Gasteiger partial charge in [0.15, 0.2) is 0 Å². The lowest BCUT2D eigenvalue weighted by Gasteiger charge is -2.44. The zero-order valence-corrected chi connectivity index (χ0v) is 19.6. The highest BCUT2D eigenvalue weighted by Crippen LogP contribution is 2.55. The van der Waals surface area contributed by atoms with E-state index in [4.69, 9.17) is 8.85 Å². The van der Waals surface area contributed by atoms with Crippen LogP contribution in [0, 0.1) is 0 Å². The summed E-state index contributed by atoms with van der Waals surface area (Å²) in [4.78, 5) is 12.5. The van der Waals surface area contributed by atoms with Gasteiger partial charge >= 0.3 is 14.5 Å². The molecule has 1 aliphatic rings.